The van der Waals surface area contributed by atoms with E-state index < -0.39 is 21.6 Å². The second kappa shape index (κ2) is 10.4. The molecule has 1 unspecified atom stereocenters. The molecule has 0 fully saturated rings. The summed E-state index contributed by atoms with van der Waals surface area (Å²) < 4.78 is 35.4. The van der Waals surface area contributed by atoms with Crippen LogP contribution in [0.3, 0.4) is 0 Å². The Hall–Kier alpha value is -3.33. The first-order chi connectivity index (χ1) is 17.8. The SMILES string of the molecule is Cc1cc(Oc2ccc(N(CC(C)C)S(=O)(=O)C3=CCC(O)(C(=O)O)c4ccccc43)cc2)cc(C)c1Cl. The topological polar surface area (TPSA) is 104 Å². The van der Waals surface area contributed by atoms with Gasteiger partial charge in [-0.05, 0) is 67.3 Å². The second-order valence-electron chi connectivity index (χ2n) is 9.88. The molecule has 0 saturated carbocycles. The van der Waals surface area contributed by atoms with Crippen LogP contribution in [0, 0.1) is 19.8 Å². The van der Waals surface area contributed by atoms with Crippen molar-refractivity contribution in [2.75, 3.05) is 10.8 Å². The van der Waals surface area contributed by atoms with E-state index in [2.05, 4.69) is 0 Å². The quantitative estimate of drug-likeness (QED) is 0.340. The molecule has 1 aliphatic rings. The molecule has 2 N–H and O–H groups in total. The predicted octanol–water partition coefficient (Wildman–Crippen LogP) is 6.26. The number of nitrogens with zero attached hydrogens (tertiary/aromatic N) is 1. The molecule has 3 aromatic carbocycles. The van der Waals surface area contributed by atoms with Crippen LogP contribution in [0.4, 0.5) is 5.69 Å². The van der Waals surface area contributed by atoms with Crippen LogP contribution in [0.15, 0.2) is 66.7 Å². The van der Waals surface area contributed by atoms with Crippen molar-refractivity contribution in [1.82, 2.24) is 0 Å². The fraction of sp³-hybridized carbons (Fsp3) is 0.276. The number of sulfonamides is 1. The van der Waals surface area contributed by atoms with Gasteiger partial charge in [0.2, 0.25) is 0 Å². The molecule has 0 heterocycles. The molecule has 9 heteroatoms. The van der Waals surface area contributed by atoms with Gasteiger partial charge in [0.25, 0.3) is 10.0 Å². The molecule has 0 spiro atoms. The van der Waals surface area contributed by atoms with Crippen molar-refractivity contribution in [2.45, 2.75) is 39.7 Å². The van der Waals surface area contributed by atoms with Crippen LogP contribution < -0.4 is 9.04 Å². The number of halogens is 1. The second-order valence-corrected chi connectivity index (χ2v) is 12.1. The van der Waals surface area contributed by atoms with Crippen LogP contribution in [0.1, 0.15) is 42.5 Å². The summed E-state index contributed by atoms with van der Waals surface area (Å²) >= 11 is 6.25. The van der Waals surface area contributed by atoms with Gasteiger partial charge in [-0.2, -0.15) is 0 Å². The molecule has 1 atom stereocenters. The third-order valence-electron chi connectivity index (χ3n) is 6.44. The smallest absolute Gasteiger partial charge is 0.340 e. The van der Waals surface area contributed by atoms with Crippen LogP contribution in [0.5, 0.6) is 11.5 Å². The fourth-order valence-electron chi connectivity index (χ4n) is 4.54. The minimum absolute atomic E-state index is 0.00361. The number of aliphatic hydroxyl groups is 1. The normalized spacial score (nSPS) is 17.1. The van der Waals surface area contributed by atoms with Crippen molar-refractivity contribution in [3.05, 3.63) is 94.0 Å². The van der Waals surface area contributed by atoms with Gasteiger partial charge in [0.1, 0.15) is 11.5 Å². The van der Waals surface area contributed by atoms with Gasteiger partial charge >= 0.3 is 5.97 Å². The van der Waals surface area contributed by atoms with Crippen molar-refractivity contribution in [1.29, 1.82) is 0 Å². The lowest BCUT2D eigenvalue weighted by Gasteiger charge is -2.33. The van der Waals surface area contributed by atoms with Crippen LogP contribution in [-0.2, 0) is 20.4 Å². The number of ether oxygens (including phenoxy) is 1. The number of benzene rings is 3. The highest BCUT2D eigenvalue weighted by Crippen LogP contribution is 2.42. The van der Waals surface area contributed by atoms with Crippen LogP contribution in [0.25, 0.3) is 4.91 Å². The van der Waals surface area contributed by atoms with E-state index in [0.717, 1.165) is 11.1 Å². The van der Waals surface area contributed by atoms with E-state index in [1.807, 2.05) is 39.8 Å². The lowest BCUT2D eigenvalue weighted by molar-refractivity contribution is -0.159. The highest BCUT2D eigenvalue weighted by Gasteiger charge is 2.44. The number of anilines is 1. The Bertz CT molecular complexity index is 1490. The predicted molar refractivity (Wildman–Crippen MR) is 149 cm³/mol. The summed E-state index contributed by atoms with van der Waals surface area (Å²) in [5.41, 5.74) is 0.246. The number of aliphatic carboxylic acids is 1. The van der Waals surface area contributed by atoms with Gasteiger partial charge in [-0.15, -0.1) is 0 Å². The lowest BCUT2D eigenvalue weighted by Crippen LogP contribution is -2.40. The molecule has 0 aliphatic heterocycles. The molecule has 1 aliphatic carbocycles. The highest BCUT2D eigenvalue weighted by molar-refractivity contribution is 8.01. The Morgan fingerprint density at radius 1 is 1.05 bits per heavy atom. The minimum atomic E-state index is -4.11. The average Bonchev–Trinajstić information content (AvgIpc) is 2.86. The monoisotopic (exact) mass is 555 g/mol. The molecule has 0 radical (unpaired) electrons. The number of aryl methyl sites for hydroxylation is 2. The number of rotatable bonds is 8. The summed E-state index contributed by atoms with van der Waals surface area (Å²) in [6, 6.07) is 16.6. The Kier molecular flexibility index (Phi) is 7.61. The molecule has 0 saturated heterocycles. The highest BCUT2D eigenvalue weighted by atomic mass is 35.5. The molecule has 0 amide bonds. The molecule has 38 heavy (non-hydrogen) atoms. The molecule has 0 aromatic heterocycles. The van der Waals surface area contributed by atoms with Crippen LogP contribution in [0.2, 0.25) is 5.02 Å². The maximum Gasteiger partial charge on any atom is 0.340 e. The largest absolute Gasteiger partial charge is 0.479 e. The van der Waals surface area contributed by atoms with Gasteiger partial charge < -0.3 is 14.9 Å². The maximum atomic E-state index is 14.0. The summed E-state index contributed by atoms with van der Waals surface area (Å²) in [5, 5.41) is 21.2. The fourth-order valence-corrected chi connectivity index (χ4v) is 6.53. The standard InChI is InChI=1S/C29H30ClNO6S/c1-18(2)17-31(21-9-11-22(12-10-21)37-23-15-19(3)27(30)20(4)16-23)38(35,36)26-13-14-29(34,28(32)33)25-8-6-5-7-24(25)26/h5-13,15-16,18,34H,14,17H2,1-4H3,(H,32,33). The van der Waals surface area contributed by atoms with Crippen molar-refractivity contribution in [3.63, 3.8) is 0 Å². The van der Waals surface area contributed by atoms with Gasteiger partial charge in [-0.3, -0.25) is 4.31 Å². The van der Waals surface area contributed by atoms with Crippen molar-refractivity contribution >= 4 is 38.2 Å². The maximum absolute atomic E-state index is 14.0. The number of hydrogen-bond donors (Lipinski definition) is 2. The number of fused-ring (bicyclic) bond motifs is 1. The lowest BCUT2D eigenvalue weighted by atomic mass is 9.83. The zero-order valence-electron chi connectivity index (χ0n) is 21.6. The Labute approximate surface area is 228 Å². The van der Waals surface area contributed by atoms with E-state index in [9.17, 15) is 23.4 Å². The summed E-state index contributed by atoms with van der Waals surface area (Å²) in [4.78, 5) is 11.8. The summed E-state index contributed by atoms with van der Waals surface area (Å²) in [6.07, 6.45) is 0.928. The zero-order chi connectivity index (χ0) is 27.8. The molecule has 3 aromatic rings. The van der Waals surface area contributed by atoms with Gasteiger partial charge in [0.15, 0.2) is 5.60 Å². The van der Waals surface area contributed by atoms with Gasteiger partial charge in [0, 0.05) is 29.1 Å². The molecule has 0 bridgehead atoms. The average molecular weight is 556 g/mol. The molecule has 200 valence electrons. The molecular formula is C29H30ClNO6S. The van der Waals surface area contributed by atoms with E-state index in [1.165, 1.54) is 22.5 Å². The van der Waals surface area contributed by atoms with E-state index in [0.29, 0.717) is 22.2 Å². The van der Waals surface area contributed by atoms with Crippen LogP contribution >= 0.6 is 11.6 Å². The summed E-state index contributed by atoms with van der Waals surface area (Å²) in [7, 11) is -4.11. The van der Waals surface area contributed by atoms with E-state index in [4.69, 9.17) is 16.3 Å². The van der Waals surface area contributed by atoms with E-state index in [1.54, 1.807) is 36.4 Å². The number of carboxylic acids is 1. The number of carboxylic acid groups (broad SMARTS) is 1. The first-order valence-electron chi connectivity index (χ1n) is 12.2. The van der Waals surface area contributed by atoms with Crippen molar-refractivity contribution < 1.29 is 28.2 Å². The molecule has 4 rings (SSSR count). The number of hydrogen-bond acceptors (Lipinski definition) is 5. The summed E-state index contributed by atoms with van der Waals surface area (Å²) in [5.74, 6) is -0.279. The first kappa shape index (κ1) is 27.7. The van der Waals surface area contributed by atoms with Gasteiger partial charge in [0.05, 0.1) is 10.6 Å². The number of carbonyl (C=O) groups is 1. The third-order valence-corrected chi connectivity index (χ3v) is 8.92. The van der Waals surface area contributed by atoms with Crippen molar-refractivity contribution in [2.24, 2.45) is 5.92 Å². The zero-order valence-corrected chi connectivity index (χ0v) is 23.2. The Morgan fingerprint density at radius 2 is 1.66 bits per heavy atom. The molecular weight excluding hydrogens is 526 g/mol. The van der Waals surface area contributed by atoms with E-state index >= 15 is 0 Å². The van der Waals surface area contributed by atoms with Gasteiger partial charge in [-0.1, -0.05) is 55.8 Å². The van der Waals surface area contributed by atoms with Gasteiger partial charge in [-0.25, -0.2) is 13.2 Å². The molecule has 7 nitrogen and oxygen atoms in total. The minimum Gasteiger partial charge on any atom is -0.479 e. The third kappa shape index (κ3) is 5.16. The Morgan fingerprint density at radius 3 is 2.24 bits per heavy atom. The van der Waals surface area contributed by atoms with E-state index in [-0.39, 0.29) is 34.9 Å². The first-order valence-corrected chi connectivity index (χ1v) is 14.0. The van der Waals surface area contributed by atoms with Crippen molar-refractivity contribution in [3.8, 4) is 11.5 Å². The summed E-state index contributed by atoms with van der Waals surface area (Å²) in [6.45, 7) is 7.82. The Balaban J connectivity index is 1.70. The van der Waals surface area contributed by atoms with Crippen LogP contribution in [-0.4, -0.2) is 31.1 Å².